The Morgan fingerprint density at radius 2 is 1.58 bits per heavy atom. The van der Waals surface area contributed by atoms with Gasteiger partial charge in [0.15, 0.2) is 0 Å². The number of benzene rings is 2. The molecule has 0 saturated heterocycles. The van der Waals surface area contributed by atoms with E-state index >= 15 is 0 Å². The van der Waals surface area contributed by atoms with E-state index in [0.29, 0.717) is 11.8 Å². The van der Waals surface area contributed by atoms with Gasteiger partial charge in [0.2, 0.25) is 0 Å². The Morgan fingerprint density at radius 3 is 2.19 bits per heavy atom. The molecule has 134 valence electrons. The van der Waals surface area contributed by atoms with E-state index in [2.05, 4.69) is 63.2 Å². The highest BCUT2D eigenvalue weighted by Crippen LogP contribution is 2.41. The maximum atomic E-state index is 9.03. The summed E-state index contributed by atoms with van der Waals surface area (Å²) in [5.41, 5.74) is 7.62. The zero-order valence-electron chi connectivity index (χ0n) is 16.2. The lowest BCUT2D eigenvalue weighted by atomic mass is 9.79. The molecule has 0 bridgehead atoms. The van der Waals surface area contributed by atoms with Crippen molar-refractivity contribution < 1.29 is 0 Å². The molecule has 1 N–H and O–H groups in total. The van der Waals surface area contributed by atoms with Crippen molar-refractivity contribution in [1.29, 1.82) is 5.41 Å². The van der Waals surface area contributed by atoms with E-state index in [-0.39, 0.29) is 0 Å². The zero-order valence-corrected chi connectivity index (χ0v) is 16.2. The number of allylic oxidation sites excluding steroid dienone is 4. The molecule has 4 rings (SSSR count). The van der Waals surface area contributed by atoms with Crippen molar-refractivity contribution in [3.05, 3.63) is 70.3 Å². The molecular formula is C25H29N. The van der Waals surface area contributed by atoms with E-state index in [4.69, 9.17) is 5.41 Å². The summed E-state index contributed by atoms with van der Waals surface area (Å²) in [5.74, 6) is 0.749. The van der Waals surface area contributed by atoms with Crippen LogP contribution in [-0.2, 0) is 0 Å². The third-order valence-corrected chi connectivity index (χ3v) is 6.62. The third-order valence-electron chi connectivity index (χ3n) is 6.62. The Labute approximate surface area is 157 Å². The van der Waals surface area contributed by atoms with E-state index in [1.807, 2.05) is 0 Å². The van der Waals surface area contributed by atoms with Crippen molar-refractivity contribution >= 4 is 16.5 Å². The number of nitrogens with one attached hydrogen (secondary N) is 1. The SMILES string of the molecule is CC1=CC(c2cc3ccccc3cc2C(=N)C2CCCCC2)C(C)=C1C. The summed E-state index contributed by atoms with van der Waals surface area (Å²) in [4.78, 5) is 0. The predicted octanol–water partition coefficient (Wildman–Crippen LogP) is 7.17. The van der Waals surface area contributed by atoms with Gasteiger partial charge in [-0.25, -0.2) is 0 Å². The number of hydrogen-bond acceptors (Lipinski definition) is 1. The summed E-state index contributed by atoms with van der Waals surface area (Å²) < 4.78 is 0. The summed E-state index contributed by atoms with van der Waals surface area (Å²) in [6, 6.07) is 13.2. The Bertz CT molecular complexity index is 922. The van der Waals surface area contributed by atoms with Gasteiger partial charge in [-0.1, -0.05) is 60.8 Å². The molecular weight excluding hydrogens is 314 g/mol. The molecule has 1 saturated carbocycles. The first kappa shape index (κ1) is 17.3. The van der Waals surface area contributed by atoms with Crippen LogP contribution >= 0.6 is 0 Å². The predicted molar refractivity (Wildman–Crippen MR) is 112 cm³/mol. The standard InChI is InChI=1S/C25H29N/c1-16-13-22(18(3)17(16)2)23-14-20-11-7-8-12-21(20)15-24(23)25(26)19-9-5-4-6-10-19/h7-8,11-15,19,22,26H,4-6,9-10H2,1-3H3. The van der Waals surface area contributed by atoms with Gasteiger partial charge in [-0.2, -0.15) is 0 Å². The van der Waals surface area contributed by atoms with E-state index in [9.17, 15) is 0 Å². The summed E-state index contributed by atoms with van der Waals surface area (Å²) in [7, 11) is 0. The van der Waals surface area contributed by atoms with Crippen LogP contribution in [0.2, 0.25) is 0 Å². The van der Waals surface area contributed by atoms with Crippen LogP contribution in [0.3, 0.4) is 0 Å². The van der Waals surface area contributed by atoms with Crippen molar-refractivity contribution in [2.75, 3.05) is 0 Å². The summed E-state index contributed by atoms with van der Waals surface area (Å²) in [6.07, 6.45) is 8.64. The van der Waals surface area contributed by atoms with Gasteiger partial charge in [0.05, 0.1) is 0 Å². The first-order valence-electron chi connectivity index (χ1n) is 10.0. The van der Waals surface area contributed by atoms with Gasteiger partial charge in [0.1, 0.15) is 0 Å². The number of rotatable bonds is 3. The first-order chi connectivity index (χ1) is 12.6. The molecule has 0 spiro atoms. The van der Waals surface area contributed by atoms with E-state index in [0.717, 1.165) is 5.71 Å². The fourth-order valence-corrected chi connectivity index (χ4v) is 4.73. The molecule has 1 atom stereocenters. The maximum Gasteiger partial charge on any atom is 0.0420 e. The van der Waals surface area contributed by atoms with Gasteiger partial charge >= 0.3 is 0 Å². The van der Waals surface area contributed by atoms with Crippen LogP contribution in [0.15, 0.2) is 59.2 Å². The lowest BCUT2D eigenvalue weighted by Gasteiger charge is -2.26. The molecule has 0 aromatic heterocycles. The molecule has 2 aromatic carbocycles. The molecule has 1 fully saturated rings. The highest BCUT2D eigenvalue weighted by atomic mass is 14.5. The van der Waals surface area contributed by atoms with E-state index in [1.54, 1.807) is 0 Å². The Balaban J connectivity index is 1.86. The molecule has 0 heterocycles. The van der Waals surface area contributed by atoms with E-state index < -0.39 is 0 Å². The average Bonchev–Trinajstić information content (AvgIpc) is 2.94. The summed E-state index contributed by atoms with van der Waals surface area (Å²) in [5, 5.41) is 11.6. The van der Waals surface area contributed by atoms with Crippen molar-refractivity contribution in [3.8, 4) is 0 Å². The molecule has 26 heavy (non-hydrogen) atoms. The quantitative estimate of drug-likeness (QED) is 0.571. The Hall–Kier alpha value is -2.15. The molecule has 0 aliphatic heterocycles. The molecule has 0 amide bonds. The van der Waals surface area contributed by atoms with Gasteiger partial charge in [-0.05, 0) is 67.7 Å². The van der Waals surface area contributed by atoms with Gasteiger partial charge < -0.3 is 5.41 Å². The van der Waals surface area contributed by atoms with Gasteiger partial charge in [0, 0.05) is 23.1 Å². The lowest BCUT2D eigenvalue weighted by Crippen LogP contribution is -2.20. The van der Waals surface area contributed by atoms with Crippen LogP contribution < -0.4 is 0 Å². The first-order valence-corrected chi connectivity index (χ1v) is 10.0. The van der Waals surface area contributed by atoms with Crippen LogP contribution in [0.1, 0.15) is 69.9 Å². The second-order valence-corrected chi connectivity index (χ2v) is 8.17. The largest absolute Gasteiger partial charge is 0.304 e. The number of hydrogen-bond donors (Lipinski definition) is 1. The monoisotopic (exact) mass is 343 g/mol. The van der Waals surface area contributed by atoms with Crippen LogP contribution in [0.25, 0.3) is 10.8 Å². The Kier molecular flexibility index (Phi) is 4.56. The Morgan fingerprint density at radius 1 is 0.923 bits per heavy atom. The minimum atomic E-state index is 0.318. The van der Waals surface area contributed by atoms with Crippen LogP contribution in [0.4, 0.5) is 0 Å². The van der Waals surface area contributed by atoms with Gasteiger partial charge in [-0.15, -0.1) is 0 Å². The van der Waals surface area contributed by atoms with Crippen LogP contribution in [0.5, 0.6) is 0 Å². The topological polar surface area (TPSA) is 23.9 Å². The lowest BCUT2D eigenvalue weighted by molar-refractivity contribution is 0.438. The van der Waals surface area contributed by atoms with Crippen molar-refractivity contribution in [2.45, 2.75) is 58.8 Å². The van der Waals surface area contributed by atoms with E-state index in [1.165, 1.54) is 70.7 Å². The van der Waals surface area contributed by atoms with Crippen LogP contribution in [0, 0.1) is 11.3 Å². The maximum absolute atomic E-state index is 9.03. The highest BCUT2D eigenvalue weighted by molar-refractivity contribution is 6.05. The fraction of sp³-hybridized carbons (Fsp3) is 0.400. The number of fused-ring (bicyclic) bond motifs is 1. The second-order valence-electron chi connectivity index (χ2n) is 8.17. The summed E-state index contributed by atoms with van der Waals surface area (Å²) in [6.45, 7) is 6.70. The average molecular weight is 344 g/mol. The van der Waals surface area contributed by atoms with Gasteiger partial charge in [-0.3, -0.25) is 0 Å². The van der Waals surface area contributed by atoms with Crippen LogP contribution in [-0.4, -0.2) is 5.71 Å². The van der Waals surface area contributed by atoms with Gasteiger partial charge in [0.25, 0.3) is 0 Å². The highest BCUT2D eigenvalue weighted by Gasteiger charge is 2.27. The smallest absolute Gasteiger partial charge is 0.0420 e. The second kappa shape index (κ2) is 6.87. The third kappa shape index (κ3) is 2.94. The van der Waals surface area contributed by atoms with Crippen molar-refractivity contribution in [2.24, 2.45) is 5.92 Å². The minimum Gasteiger partial charge on any atom is -0.304 e. The molecule has 1 heteroatoms. The molecule has 1 nitrogen and oxygen atoms in total. The van der Waals surface area contributed by atoms with Crippen molar-refractivity contribution in [1.82, 2.24) is 0 Å². The molecule has 2 aliphatic carbocycles. The fourth-order valence-electron chi connectivity index (χ4n) is 4.73. The molecule has 1 unspecified atom stereocenters. The minimum absolute atomic E-state index is 0.318. The van der Waals surface area contributed by atoms with Crippen molar-refractivity contribution in [3.63, 3.8) is 0 Å². The normalized spacial score (nSPS) is 21.3. The molecule has 0 radical (unpaired) electrons. The zero-order chi connectivity index (χ0) is 18.3. The summed E-state index contributed by atoms with van der Waals surface area (Å²) >= 11 is 0. The molecule has 2 aliphatic rings. The molecule has 2 aromatic rings.